The third kappa shape index (κ3) is 5.54. The normalized spacial score (nSPS) is 31.0. The van der Waals surface area contributed by atoms with Gasteiger partial charge < -0.3 is 29.5 Å². The molecule has 6 rings (SSSR count). The lowest BCUT2D eigenvalue weighted by atomic mass is 9.68. The molecule has 2 aliphatic carbocycles. The SMILES string of the molecule is COC1C=CCCN(C)C(=O)C[C@@](O)(C(=O)O)c2ccc3c(c2)N(C[C@@H]2CC[C@@H]12)C[C@@]1(CCCc2cc(Cl)ccc21)CO3. The van der Waals surface area contributed by atoms with Crippen LogP contribution in [-0.4, -0.2) is 73.5 Å². The number of hydrogen-bond donors (Lipinski definition) is 2. The number of hydrogen-bond acceptors (Lipinski definition) is 6. The van der Waals surface area contributed by atoms with E-state index in [1.54, 1.807) is 32.4 Å². The Morgan fingerprint density at radius 1 is 1.19 bits per heavy atom. The van der Waals surface area contributed by atoms with E-state index < -0.39 is 23.9 Å². The summed E-state index contributed by atoms with van der Waals surface area (Å²) in [7, 11) is 3.39. The number of fused-ring (bicyclic) bond motifs is 4. The molecule has 9 heteroatoms. The van der Waals surface area contributed by atoms with Crippen LogP contribution in [0.25, 0.3) is 0 Å². The lowest BCUT2D eigenvalue weighted by Gasteiger charge is -2.46. The first kappa shape index (κ1) is 30.0. The zero-order chi connectivity index (χ0) is 30.4. The van der Waals surface area contributed by atoms with Crippen molar-refractivity contribution in [2.24, 2.45) is 11.8 Å². The molecule has 2 heterocycles. The molecular weight excluding hydrogens is 568 g/mol. The Labute approximate surface area is 258 Å². The van der Waals surface area contributed by atoms with Crippen molar-refractivity contribution in [1.82, 2.24) is 4.90 Å². The molecule has 2 N–H and O–H groups in total. The predicted octanol–water partition coefficient (Wildman–Crippen LogP) is 4.93. The summed E-state index contributed by atoms with van der Waals surface area (Å²) in [5.74, 6) is -0.531. The highest BCUT2D eigenvalue weighted by atomic mass is 35.5. The van der Waals surface area contributed by atoms with Crippen LogP contribution in [0.1, 0.15) is 55.2 Å². The minimum absolute atomic E-state index is 0.0229. The van der Waals surface area contributed by atoms with E-state index in [2.05, 4.69) is 23.1 Å². The second-order valence-corrected chi connectivity index (χ2v) is 13.3. The van der Waals surface area contributed by atoms with Gasteiger partial charge in [-0.05, 0) is 91.3 Å². The minimum atomic E-state index is -2.38. The Morgan fingerprint density at radius 2 is 2.02 bits per heavy atom. The van der Waals surface area contributed by atoms with Gasteiger partial charge >= 0.3 is 5.97 Å². The number of nitrogens with zero attached hydrogens (tertiary/aromatic N) is 2. The Bertz CT molecular complexity index is 1430. The third-order valence-corrected chi connectivity index (χ3v) is 10.5. The molecule has 230 valence electrons. The predicted molar refractivity (Wildman–Crippen MR) is 165 cm³/mol. The highest BCUT2D eigenvalue weighted by molar-refractivity contribution is 6.30. The first-order chi connectivity index (χ1) is 20.6. The van der Waals surface area contributed by atoms with Crippen molar-refractivity contribution in [2.45, 2.75) is 62.1 Å². The fourth-order valence-electron chi connectivity index (χ4n) is 7.58. The van der Waals surface area contributed by atoms with E-state index in [0.29, 0.717) is 43.7 Å². The lowest BCUT2D eigenvalue weighted by molar-refractivity contribution is -0.164. The highest BCUT2D eigenvalue weighted by Gasteiger charge is 2.46. The van der Waals surface area contributed by atoms with E-state index in [1.165, 1.54) is 16.0 Å². The second kappa shape index (κ2) is 11.8. The van der Waals surface area contributed by atoms with Gasteiger partial charge in [-0.2, -0.15) is 0 Å². The molecule has 1 saturated carbocycles. The van der Waals surface area contributed by atoms with Gasteiger partial charge in [0.05, 0.1) is 24.8 Å². The van der Waals surface area contributed by atoms with Gasteiger partial charge in [-0.25, -0.2) is 4.79 Å². The van der Waals surface area contributed by atoms with Gasteiger partial charge in [0.1, 0.15) is 5.75 Å². The number of rotatable bonds is 2. The number of carbonyl (C=O) groups is 2. The monoisotopic (exact) mass is 608 g/mol. The molecule has 1 fully saturated rings. The zero-order valence-corrected chi connectivity index (χ0v) is 25.7. The van der Waals surface area contributed by atoms with Gasteiger partial charge in [0, 0.05) is 44.2 Å². The Balaban J connectivity index is 1.46. The van der Waals surface area contributed by atoms with Gasteiger partial charge in [-0.15, -0.1) is 0 Å². The lowest BCUT2D eigenvalue weighted by Crippen LogP contribution is -2.49. The molecule has 2 aromatic carbocycles. The number of benzene rings is 2. The van der Waals surface area contributed by atoms with Crippen LogP contribution >= 0.6 is 11.6 Å². The summed E-state index contributed by atoms with van der Waals surface area (Å²) in [5.41, 5.74) is 0.766. The van der Waals surface area contributed by atoms with Crippen molar-refractivity contribution in [2.75, 3.05) is 45.3 Å². The van der Waals surface area contributed by atoms with Crippen molar-refractivity contribution >= 4 is 29.2 Å². The van der Waals surface area contributed by atoms with Crippen LogP contribution in [0, 0.1) is 11.8 Å². The average Bonchev–Trinajstić information content (AvgIpc) is 3.12. The fraction of sp³-hybridized carbons (Fsp3) is 0.529. The number of methoxy groups -OCH3 is 1. The van der Waals surface area contributed by atoms with Crippen molar-refractivity contribution in [3.05, 3.63) is 70.3 Å². The Hall–Kier alpha value is -3.07. The summed E-state index contributed by atoms with van der Waals surface area (Å²) in [6, 6.07) is 11.2. The van der Waals surface area contributed by atoms with Gasteiger partial charge in [0.25, 0.3) is 0 Å². The van der Waals surface area contributed by atoms with Crippen LogP contribution in [0.2, 0.25) is 5.02 Å². The number of aliphatic hydroxyl groups is 1. The fourth-order valence-corrected chi connectivity index (χ4v) is 7.78. The van der Waals surface area contributed by atoms with Gasteiger partial charge in [-0.3, -0.25) is 4.79 Å². The van der Waals surface area contributed by atoms with Crippen molar-refractivity contribution < 1.29 is 29.3 Å². The molecule has 8 nitrogen and oxygen atoms in total. The van der Waals surface area contributed by atoms with Gasteiger partial charge in [0.15, 0.2) is 5.60 Å². The second-order valence-electron chi connectivity index (χ2n) is 12.9. The van der Waals surface area contributed by atoms with E-state index in [0.717, 1.165) is 49.4 Å². The number of aliphatic carboxylic acids is 1. The number of amides is 1. The van der Waals surface area contributed by atoms with E-state index in [-0.39, 0.29) is 17.1 Å². The summed E-state index contributed by atoms with van der Waals surface area (Å²) in [4.78, 5) is 29.5. The first-order valence-electron chi connectivity index (χ1n) is 15.3. The zero-order valence-electron chi connectivity index (χ0n) is 24.9. The summed E-state index contributed by atoms with van der Waals surface area (Å²) >= 11 is 6.41. The maximum absolute atomic E-state index is 13.2. The smallest absolute Gasteiger partial charge is 0.340 e. The molecule has 1 amide bonds. The molecule has 4 aliphatic rings. The number of carboxylic acid groups (broad SMARTS) is 1. The summed E-state index contributed by atoms with van der Waals surface area (Å²) < 4.78 is 12.5. The largest absolute Gasteiger partial charge is 0.490 e. The Morgan fingerprint density at radius 3 is 2.77 bits per heavy atom. The number of aryl methyl sites for hydroxylation is 1. The molecular formula is C34H41ClN2O6. The maximum atomic E-state index is 13.2. The highest BCUT2D eigenvalue weighted by Crippen LogP contribution is 2.47. The molecule has 5 atom stereocenters. The number of carbonyl (C=O) groups excluding carboxylic acids is 1. The number of anilines is 1. The molecule has 2 aromatic rings. The van der Waals surface area contributed by atoms with Crippen LogP contribution in [0.15, 0.2) is 48.6 Å². The summed E-state index contributed by atoms with van der Waals surface area (Å²) in [6.07, 6.45) is 9.25. The molecule has 0 saturated heterocycles. The molecule has 1 unspecified atom stereocenters. The van der Waals surface area contributed by atoms with E-state index in [1.807, 2.05) is 12.1 Å². The molecule has 1 spiro atoms. The van der Waals surface area contributed by atoms with Crippen LogP contribution in [-0.2, 0) is 31.8 Å². The van der Waals surface area contributed by atoms with E-state index in [9.17, 15) is 19.8 Å². The molecule has 0 radical (unpaired) electrons. The standard InChI is InChI=1S/C34H41ClN2O6/c1-36-15-4-3-7-29(42-2)26-11-8-23(26)19-37-20-33(14-5-6-22-16-25(35)10-12-27(22)33)21-43-30-13-9-24(17-28(30)37)34(41,32(39)40)18-31(36)38/h3,7,9-10,12-13,16-17,23,26,29,41H,4-6,8,11,14-15,18-21H2,1-2H3,(H,39,40)/t23-,26+,29?,33-,34-/m0/s1. The Kier molecular flexibility index (Phi) is 8.22. The number of carboxylic acids is 1. The number of halogens is 1. The van der Waals surface area contributed by atoms with E-state index >= 15 is 0 Å². The van der Waals surface area contributed by atoms with Gasteiger partial charge in [0.2, 0.25) is 5.91 Å². The van der Waals surface area contributed by atoms with Crippen molar-refractivity contribution in [3.63, 3.8) is 0 Å². The molecule has 0 aromatic heterocycles. The van der Waals surface area contributed by atoms with Crippen molar-refractivity contribution in [1.29, 1.82) is 0 Å². The van der Waals surface area contributed by atoms with Crippen LogP contribution in [0.4, 0.5) is 5.69 Å². The average molecular weight is 609 g/mol. The van der Waals surface area contributed by atoms with E-state index in [4.69, 9.17) is 21.1 Å². The topological polar surface area (TPSA) is 99.5 Å². The maximum Gasteiger partial charge on any atom is 0.340 e. The molecule has 2 aliphatic heterocycles. The summed E-state index contributed by atoms with van der Waals surface area (Å²) in [6.45, 7) is 2.32. The number of ether oxygens (including phenoxy) is 2. The van der Waals surface area contributed by atoms with Crippen molar-refractivity contribution in [3.8, 4) is 5.75 Å². The summed E-state index contributed by atoms with van der Waals surface area (Å²) in [5, 5.41) is 22.5. The quantitative estimate of drug-likeness (QED) is 0.466. The minimum Gasteiger partial charge on any atom is -0.490 e. The molecule has 43 heavy (non-hydrogen) atoms. The van der Waals surface area contributed by atoms with Gasteiger partial charge in [-0.1, -0.05) is 35.9 Å². The first-order valence-corrected chi connectivity index (χ1v) is 15.7. The van der Waals surface area contributed by atoms with Crippen LogP contribution < -0.4 is 9.64 Å². The molecule has 2 bridgehead atoms. The van der Waals surface area contributed by atoms with Crippen LogP contribution in [0.5, 0.6) is 5.75 Å². The third-order valence-electron chi connectivity index (χ3n) is 10.3. The van der Waals surface area contributed by atoms with Crippen LogP contribution in [0.3, 0.4) is 0 Å².